The highest BCUT2D eigenvalue weighted by Crippen LogP contribution is 2.39. The van der Waals surface area contributed by atoms with Gasteiger partial charge in [0, 0.05) is 12.1 Å². The molecule has 3 rings (SSSR count). The van der Waals surface area contributed by atoms with Crippen LogP contribution in [0.4, 0.5) is 0 Å². The number of hydrogen-bond acceptors (Lipinski definition) is 5. The van der Waals surface area contributed by atoms with E-state index in [4.69, 9.17) is 4.74 Å². The fourth-order valence-corrected chi connectivity index (χ4v) is 3.67. The van der Waals surface area contributed by atoms with Crippen molar-refractivity contribution in [2.75, 3.05) is 34.3 Å². The summed E-state index contributed by atoms with van der Waals surface area (Å²) in [5, 5.41) is 11.0. The van der Waals surface area contributed by atoms with Gasteiger partial charge < -0.3 is 19.6 Å². The molecule has 2 aromatic carbocycles. The van der Waals surface area contributed by atoms with Gasteiger partial charge in [0.1, 0.15) is 11.5 Å². The molecule has 0 saturated carbocycles. The van der Waals surface area contributed by atoms with Crippen LogP contribution in [-0.4, -0.2) is 60.9 Å². The maximum Gasteiger partial charge on any atom is 0.295 e. The van der Waals surface area contributed by atoms with Gasteiger partial charge in [-0.15, -0.1) is 0 Å². The van der Waals surface area contributed by atoms with Gasteiger partial charge in [0.05, 0.1) is 18.7 Å². The fourth-order valence-electron chi connectivity index (χ4n) is 3.67. The molecule has 1 heterocycles. The van der Waals surface area contributed by atoms with Crippen LogP contribution in [0.2, 0.25) is 0 Å². The molecule has 1 amide bonds. The summed E-state index contributed by atoms with van der Waals surface area (Å²) in [6, 6.07) is 13.9. The van der Waals surface area contributed by atoms with Gasteiger partial charge in [-0.2, -0.15) is 0 Å². The second-order valence-corrected chi connectivity index (χ2v) is 7.79. The maximum atomic E-state index is 13.0. The molecule has 0 aromatic heterocycles. The highest BCUT2D eigenvalue weighted by Gasteiger charge is 2.45. The van der Waals surface area contributed by atoms with Crippen LogP contribution < -0.4 is 4.74 Å². The molecule has 1 fully saturated rings. The molecule has 1 aliphatic rings. The van der Waals surface area contributed by atoms with Crippen molar-refractivity contribution in [1.82, 2.24) is 9.80 Å². The summed E-state index contributed by atoms with van der Waals surface area (Å²) in [4.78, 5) is 29.4. The van der Waals surface area contributed by atoms with E-state index in [-0.39, 0.29) is 11.3 Å². The molecule has 6 heteroatoms. The highest BCUT2D eigenvalue weighted by molar-refractivity contribution is 6.46. The van der Waals surface area contributed by atoms with E-state index in [0.29, 0.717) is 17.9 Å². The summed E-state index contributed by atoms with van der Waals surface area (Å²) in [5.41, 5.74) is 2.44. The van der Waals surface area contributed by atoms with Gasteiger partial charge in [0.2, 0.25) is 0 Å². The molecule has 2 aromatic rings. The van der Waals surface area contributed by atoms with Gasteiger partial charge in [-0.1, -0.05) is 42.0 Å². The fraction of sp³-hybridized carbons (Fsp3) is 0.333. The number of ketones is 1. The standard InChI is InChI=1S/C24H28N2O4/c1-16-6-8-18(9-7-16)22(27)20-21(17-10-12-19(30-4)13-11-17)26(24(29)23(20)28)15-5-14-25(2)3/h6-13,21,27H,5,14-15H2,1-4H3/t21-/m1/s1. The van der Waals surface area contributed by atoms with E-state index in [0.717, 1.165) is 24.1 Å². The number of nitrogens with zero attached hydrogens (tertiary/aromatic N) is 2. The minimum atomic E-state index is -0.654. The molecule has 158 valence electrons. The summed E-state index contributed by atoms with van der Waals surface area (Å²) < 4.78 is 5.23. The van der Waals surface area contributed by atoms with Crippen LogP contribution in [0.5, 0.6) is 5.75 Å². The van der Waals surface area contributed by atoms with E-state index in [1.807, 2.05) is 50.2 Å². The zero-order valence-electron chi connectivity index (χ0n) is 17.9. The Labute approximate surface area is 177 Å². The first-order valence-electron chi connectivity index (χ1n) is 9.97. The minimum absolute atomic E-state index is 0.124. The van der Waals surface area contributed by atoms with Gasteiger partial charge in [0.25, 0.3) is 11.7 Å². The number of Topliss-reactive ketones (excluding diaryl/α,β-unsaturated/α-hetero) is 1. The first kappa shape index (κ1) is 21.6. The van der Waals surface area contributed by atoms with Crippen molar-refractivity contribution in [3.63, 3.8) is 0 Å². The third-order valence-electron chi connectivity index (χ3n) is 5.30. The number of carbonyl (C=O) groups is 2. The number of amides is 1. The van der Waals surface area contributed by atoms with Crippen LogP contribution in [0.25, 0.3) is 5.76 Å². The molecule has 0 aliphatic carbocycles. The second kappa shape index (κ2) is 9.13. The van der Waals surface area contributed by atoms with Crippen LogP contribution in [0.1, 0.15) is 29.2 Å². The topological polar surface area (TPSA) is 70.1 Å². The first-order valence-corrected chi connectivity index (χ1v) is 9.97. The lowest BCUT2D eigenvalue weighted by Gasteiger charge is -2.26. The lowest BCUT2D eigenvalue weighted by Crippen LogP contribution is -2.32. The number of aryl methyl sites for hydroxylation is 1. The lowest BCUT2D eigenvalue weighted by molar-refractivity contribution is -0.139. The first-order chi connectivity index (χ1) is 14.3. The van der Waals surface area contributed by atoms with Crippen molar-refractivity contribution in [3.05, 3.63) is 70.8 Å². The smallest absolute Gasteiger partial charge is 0.295 e. The van der Waals surface area contributed by atoms with E-state index < -0.39 is 17.7 Å². The molecule has 6 nitrogen and oxygen atoms in total. The zero-order valence-corrected chi connectivity index (χ0v) is 17.9. The summed E-state index contributed by atoms with van der Waals surface area (Å²) in [5.74, 6) is -0.701. The van der Waals surface area contributed by atoms with E-state index in [1.165, 1.54) is 0 Å². The van der Waals surface area contributed by atoms with E-state index in [1.54, 1.807) is 36.3 Å². The van der Waals surface area contributed by atoms with E-state index in [9.17, 15) is 14.7 Å². The third kappa shape index (κ3) is 4.39. The number of likely N-dealkylation sites (tertiary alicyclic amines) is 1. The number of ether oxygens (including phenoxy) is 1. The monoisotopic (exact) mass is 408 g/mol. The summed E-state index contributed by atoms with van der Waals surface area (Å²) in [6.45, 7) is 3.16. The number of aliphatic hydroxyl groups is 1. The third-order valence-corrected chi connectivity index (χ3v) is 5.30. The molecule has 1 atom stereocenters. The largest absolute Gasteiger partial charge is 0.507 e. The Kier molecular flexibility index (Phi) is 6.57. The SMILES string of the molecule is COc1ccc([C@@H]2C(=C(O)c3ccc(C)cc3)C(=O)C(=O)N2CCCN(C)C)cc1. The van der Waals surface area contributed by atoms with Crippen LogP contribution in [0.15, 0.2) is 54.1 Å². The molecule has 0 bridgehead atoms. The van der Waals surface area contributed by atoms with Crippen molar-refractivity contribution in [1.29, 1.82) is 0 Å². The zero-order chi connectivity index (χ0) is 21.8. The quantitative estimate of drug-likeness (QED) is 0.432. The number of aliphatic hydroxyl groups excluding tert-OH is 1. The van der Waals surface area contributed by atoms with E-state index >= 15 is 0 Å². The summed E-state index contributed by atoms with van der Waals surface area (Å²) in [7, 11) is 5.51. The maximum absolute atomic E-state index is 13.0. The number of carbonyl (C=O) groups excluding carboxylic acids is 2. The Bertz CT molecular complexity index is 946. The molecule has 1 aliphatic heterocycles. The van der Waals surface area contributed by atoms with Gasteiger partial charge in [-0.3, -0.25) is 9.59 Å². The molecule has 0 radical (unpaired) electrons. The lowest BCUT2D eigenvalue weighted by atomic mass is 9.95. The van der Waals surface area contributed by atoms with Crippen LogP contribution in [0, 0.1) is 6.92 Å². The Hall–Kier alpha value is -3.12. The predicted octanol–water partition coefficient (Wildman–Crippen LogP) is 3.38. The Balaban J connectivity index is 2.07. The summed E-state index contributed by atoms with van der Waals surface area (Å²) >= 11 is 0. The van der Waals surface area contributed by atoms with Crippen LogP contribution in [-0.2, 0) is 9.59 Å². The molecular weight excluding hydrogens is 380 g/mol. The van der Waals surface area contributed by atoms with Gasteiger partial charge >= 0.3 is 0 Å². The molecule has 1 N–H and O–H groups in total. The normalized spacial score (nSPS) is 18.3. The molecule has 1 saturated heterocycles. The Morgan fingerprint density at radius 1 is 1.07 bits per heavy atom. The van der Waals surface area contributed by atoms with E-state index in [2.05, 4.69) is 0 Å². The molecular formula is C24H28N2O4. The summed E-state index contributed by atoms with van der Waals surface area (Å²) in [6.07, 6.45) is 0.719. The van der Waals surface area contributed by atoms with Crippen LogP contribution >= 0.6 is 0 Å². The van der Waals surface area contributed by atoms with Crippen molar-refractivity contribution in [2.24, 2.45) is 0 Å². The Morgan fingerprint density at radius 2 is 1.70 bits per heavy atom. The van der Waals surface area contributed by atoms with Gasteiger partial charge in [-0.05, 0) is 51.7 Å². The molecule has 0 unspecified atom stereocenters. The number of rotatable bonds is 7. The Morgan fingerprint density at radius 3 is 2.27 bits per heavy atom. The number of methoxy groups -OCH3 is 1. The average Bonchev–Trinajstić information content (AvgIpc) is 2.98. The van der Waals surface area contributed by atoms with Gasteiger partial charge in [0.15, 0.2) is 0 Å². The van der Waals surface area contributed by atoms with Crippen molar-refractivity contribution in [2.45, 2.75) is 19.4 Å². The van der Waals surface area contributed by atoms with Crippen molar-refractivity contribution < 1.29 is 19.4 Å². The minimum Gasteiger partial charge on any atom is -0.507 e. The predicted molar refractivity (Wildman–Crippen MR) is 116 cm³/mol. The van der Waals surface area contributed by atoms with Crippen LogP contribution in [0.3, 0.4) is 0 Å². The van der Waals surface area contributed by atoms with Crippen molar-refractivity contribution in [3.8, 4) is 5.75 Å². The highest BCUT2D eigenvalue weighted by atomic mass is 16.5. The molecule has 0 spiro atoms. The van der Waals surface area contributed by atoms with Gasteiger partial charge in [-0.25, -0.2) is 0 Å². The second-order valence-electron chi connectivity index (χ2n) is 7.79. The number of hydrogen-bond donors (Lipinski definition) is 1. The molecule has 30 heavy (non-hydrogen) atoms. The van der Waals surface area contributed by atoms with Crippen molar-refractivity contribution >= 4 is 17.4 Å². The average molecular weight is 408 g/mol. The number of benzene rings is 2.